The van der Waals surface area contributed by atoms with Gasteiger partial charge in [-0.15, -0.1) is 0 Å². The Morgan fingerprint density at radius 1 is 1.09 bits per heavy atom. The molecule has 5 heteroatoms. The molecule has 3 nitrogen and oxygen atoms in total. The van der Waals surface area contributed by atoms with Crippen molar-refractivity contribution in [2.24, 2.45) is 0 Å². The summed E-state index contributed by atoms with van der Waals surface area (Å²) >= 11 is 7.83. The summed E-state index contributed by atoms with van der Waals surface area (Å²) in [5, 5.41) is 13.3. The van der Waals surface area contributed by atoms with Crippen molar-refractivity contribution in [2.75, 3.05) is 23.7 Å². The van der Waals surface area contributed by atoms with Crippen LogP contribution in [0.3, 0.4) is 0 Å². The summed E-state index contributed by atoms with van der Waals surface area (Å²) in [6, 6.07) is 17.8. The van der Waals surface area contributed by atoms with E-state index in [1.807, 2.05) is 54.2 Å². The van der Waals surface area contributed by atoms with E-state index in [9.17, 15) is 5.11 Å². The summed E-state index contributed by atoms with van der Waals surface area (Å²) in [7, 11) is 0. The molecule has 2 heterocycles. The fourth-order valence-corrected chi connectivity index (χ4v) is 4.58. The number of para-hydroxylation sites is 1. The van der Waals surface area contributed by atoms with E-state index in [0.29, 0.717) is 11.6 Å². The summed E-state index contributed by atoms with van der Waals surface area (Å²) in [6.07, 6.45) is 1.08. The molecule has 0 bridgehead atoms. The van der Waals surface area contributed by atoms with Gasteiger partial charge in [0.15, 0.2) is 6.54 Å². The molecule has 2 aliphatic heterocycles. The lowest BCUT2D eigenvalue weighted by atomic mass is 10.0. The SMILES string of the molecule is O[C@]1(c2ccc(Cl)cc2)CN(c2ccccc2)C2=[N+]1CCCS2. The van der Waals surface area contributed by atoms with Gasteiger partial charge in [0.25, 0.3) is 5.72 Å². The van der Waals surface area contributed by atoms with Gasteiger partial charge >= 0.3 is 5.17 Å². The van der Waals surface area contributed by atoms with Gasteiger partial charge in [0.05, 0.1) is 6.54 Å². The van der Waals surface area contributed by atoms with Crippen LogP contribution in [0.15, 0.2) is 54.6 Å². The zero-order valence-electron chi connectivity index (χ0n) is 12.7. The predicted octanol–water partition coefficient (Wildman–Crippen LogP) is 3.51. The third-order valence-electron chi connectivity index (χ3n) is 4.42. The maximum Gasteiger partial charge on any atom is 0.316 e. The van der Waals surface area contributed by atoms with Gasteiger partial charge in [-0.25, -0.2) is 9.48 Å². The molecule has 0 fully saturated rings. The van der Waals surface area contributed by atoms with Gasteiger partial charge in [-0.1, -0.05) is 41.9 Å². The Bertz CT molecular complexity index is 747. The van der Waals surface area contributed by atoms with Crippen LogP contribution in [0, 0.1) is 0 Å². The van der Waals surface area contributed by atoms with E-state index >= 15 is 0 Å². The van der Waals surface area contributed by atoms with Crippen LogP contribution < -0.4 is 4.90 Å². The highest BCUT2D eigenvalue weighted by atomic mass is 35.5. The monoisotopic (exact) mass is 345 g/mol. The molecule has 2 aromatic carbocycles. The summed E-state index contributed by atoms with van der Waals surface area (Å²) in [6.45, 7) is 1.39. The second-order valence-electron chi connectivity index (χ2n) is 5.88. The largest absolute Gasteiger partial charge is 0.346 e. The molecule has 1 N–H and O–H groups in total. The minimum absolute atomic E-state index is 0.529. The second-order valence-corrected chi connectivity index (χ2v) is 7.38. The summed E-state index contributed by atoms with van der Waals surface area (Å²) in [5.41, 5.74) is 0.996. The molecule has 4 rings (SSSR count). The zero-order chi connectivity index (χ0) is 15.9. The highest BCUT2D eigenvalue weighted by Gasteiger charge is 2.53. The number of aliphatic hydroxyl groups is 1. The molecule has 0 radical (unpaired) electrons. The van der Waals surface area contributed by atoms with Crippen molar-refractivity contribution in [3.8, 4) is 0 Å². The van der Waals surface area contributed by atoms with Gasteiger partial charge in [0, 0.05) is 16.3 Å². The predicted molar refractivity (Wildman–Crippen MR) is 96.3 cm³/mol. The number of β-amino-alcohol motifs (C(OH)–C–C–N with tert-alkyl or cyclic N) is 1. The van der Waals surface area contributed by atoms with Crippen molar-refractivity contribution < 1.29 is 9.68 Å². The normalized spacial score (nSPS) is 24.0. The van der Waals surface area contributed by atoms with Crippen molar-refractivity contribution in [1.82, 2.24) is 0 Å². The van der Waals surface area contributed by atoms with E-state index in [1.165, 1.54) is 0 Å². The lowest BCUT2D eigenvalue weighted by molar-refractivity contribution is -0.656. The van der Waals surface area contributed by atoms with Crippen LogP contribution in [0.1, 0.15) is 12.0 Å². The number of benzene rings is 2. The van der Waals surface area contributed by atoms with E-state index in [0.717, 1.165) is 35.1 Å². The molecule has 0 aromatic heterocycles. The lowest BCUT2D eigenvalue weighted by Gasteiger charge is -2.24. The number of hydrogen-bond donors (Lipinski definition) is 1. The first-order chi connectivity index (χ1) is 11.2. The first-order valence-electron chi connectivity index (χ1n) is 7.77. The molecule has 0 spiro atoms. The number of nitrogens with zero attached hydrogens (tertiary/aromatic N) is 2. The average molecular weight is 346 g/mol. The van der Waals surface area contributed by atoms with E-state index in [-0.39, 0.29) is 0 Å². The first-order valence-corrected chi connectivity index (χ1v) is 9.13. The Hall–Kier alpha value is -1.49. The van der Waals surface area contributed by atoms with Gasteiger partial charge in [0.1, 0.15) is 5.69 Å². The van der Waals surface area contributed by atoms with Crippen LogP contribution >= 0.6 is 23.4 Å². The minimum Gasteiger partial charge on any atom is -0.346 e. The molecular formula is C18H18ClN2OS+. The number of thioether (sulfide) groups is 1. The molecule has 118 valence electrons. The maximum absolute atomic E-state index is 11.5. The van der Waals surface area contributed by atoms with Crippen LogP contribution in [-0.2, 0) is 5.72 Å². The quantitative estimate of drug-likeness (QED) is 0.844. The van der Waals surface area contributed by atoms with E-state index in [1.54, 1.807) is 0 Å². The van der Waals surface area contributed by atoms with E-state index in [2.05, 4.69) is 21.6 Å². The van der Waals surface area contributed by atoms with Crippen molar-refractivity contribution >= 4 is 34.2 Å². The summed E-state index contributed by atoms with van der Waals surface area (Å²) in [5.74, 6) is 1.09. The Morgan fingerprint density at radius 2 is 1.83 bits per heavy atom. The maximum atomic E-state index is 11.5. The molecule has 0 amide bonds. The Morgan fingerprint density at radius 3 is 2.57 bits per heavy atom. The minimum atomic E-state index is -1.01. The summed E-state index contributed by atoms with van der Waals surface area (Å²) < 4.78 is 2.14. The molecular weight excluding hydrogens is 328 g/mol. The number of rotatable bonds is 2. The second kappa shape index (κ2) is 5.86. The molecule has 2 aromatic rings. The molecule has 1 atom stereocenters. The first kappa shape index (κ1) is 15.1. The van der Waals surface area contributed by atoms with Crippen LogP contribution in [0.2, 0.25) is 5.02 Å². The van der Waals surface area contributed by atoms with Gasteiger partial charge in [-0.05, 0) is 42.4 Å². The zero-order valence-corrected chi connectivity index (χ0v) is 14.2. The van der Waals surface area contributed by atoms with Gasteiger partial charge in [-0.2, -0.15) is 0 Å². The summed E-state index contributed by atoms with van der Waals surface area (Å²) in [4.78, 5) is 2.22. The fourth-order valence-electron chi connectivity index (χ4n) is 3.27. The van der Waals surface area contributed by atoms with Gasteiger partial charge in [0.2, 0.25) is 0 Å². The number of halogens is 1. The third kappa shape index (κ3) is 2.55. The Balaban J connectivity index is 1.80. The van der Waals surface area contributed by atoms with Crippen LogP contribution in [-0.4, -0.2) is 33.7 Å². The average Bonchev–Trinajstić information content (AvgIpc) is 2.91. The highest BCUT2D eigenvalue weighted by Crippen LogP contribution is 2.37. The van der Waals surface area contributed by atoms with Crippen LogP contribution in [0.5, 0.6) is 0 Å². The fraction of sp³-hybridized carbons (Fsp3) is 0.278. The van der Waals surface area contributed by atoms with E-state index in [4.69, 9.17) is 11.6 Å². The van der Waals surface area contributed by atoms with Gasteiger partial charge < -0.3 is 5.11 Å². The number of amidine groups is 1. The topological polar surface area (TPSA) is 26.5 Å². The molecule has 0 aliphatic carbocycles. The molecule has 0 saturated carbocycles. The molecule has 0 unspecified atom stereocenters. The molecule has 23 heavy (non-hydrogen) atoms. The van der Waals surface area contributed by atoms with Crippen molar-refractivity contribution in [2.45, 2.75) is 12.1 Å². The van der Waals surface area contributed by atoms with Crippen molar-refractivity contribution in [3.63, 3.8) is 0 Å². The van der Waals surface area contributed by atoms with Crippen LogP contribution in [0.4, 0.5) is 5.69 Å². The number of anilines is 1. The molecule has 0 saturated heterocycles. The Kier molecular flexibility index (Phi) is 3.84. The van der Waals surface area contributed by atoms with E-state index < -0.39 is 5.72 Å². The van der Waals surface area contributed by atoms with Crippen molar-refractivity contribution in [3.05, 3.63) is 65.2 Å². The standard InChI is InChI=1S/C18H18ClN2OS/c19-15-9-7-14(8-10-15)18(22)13-20(16-5-2-1-3-6-16)17-21(18)11-4-12-23-17/h1-3,5-10,22H,4,11-13H2/q+1/t18-/m0/s1. The molecule has 2 aliphatic rings. The van der Waals surface area contributed by atoms with Gasteiger partial charge in [-0.3, -0.25) is 0 Å². The number of hydrogen-bond acceptors (Lipinski definition) is 3. The smallest absolute Gasteiger partial charge is 0.316 e. The highest BCUT2D eigenvalue weighted by molar-refractivity contribution is 8.13. The Labute approximate surface area is 145 Å². The van der Waals surface area contributed by atoms with Crippen molar-refractivity contribution in [1.29, 1.82) is 0 Å². The lowest BCUT2D eigenvalue weighted by Crippen LogP contribution is -2.41. The third-order valence-corrected chi connectivity index (χ3v) is 5.86. The van der Waals surface area contributed by atoms with Crippen LogP contribution in [0.25, 0.3) is 0 Å².